The Balaban J connectivity index is 1.43. The number of hydrogen-bond acceptors (Lipinski definition) is 9. The average molecular weight is 675 g/mol. The second kappa shape index (κ2) is 17.6. The van der Waals surface area contributed by atoms with Crippen molar-refractivity contribution < 1.29 is 39.1 Å². The van der Waals surface area contributed by atoms with Gasteiger partial charge in [-0.05, 0) is 89.4 Å². The summed E-state index contributed by atoms with van der Waals surface area (Å²) in [6.45, 7) is 15.3. The molecule has 272 valence electrons. The Morgan fingerprint density at radius 2 is 1.88 bits per heavy atom. The summed E-state index contributed by atoms with van der Waals surface area (Å²) >= 11 is 0. The summed E-state index contributed by atoms with van der Waals surface area (Å²) in [5.74, 6) is -0.753. The number of cyclic esters (lactones) is 1. The molecule has 3 saturated heterocycles. The molecule has 0 aliphatic carbocycles. The second-order valence-electron chi connectivity index (χ2n) is 15.2. The predicted molar refractivity (Wildman–Crippen MR) is 185 cm³/mol. The summed E-state index contributed by atoms with van der Waals surface area (Å²) in [5.41, 5.74) is -0.343. The van der Waals surface area contributed by atoms with E-state index >= 15 is 0 Å². The minimum Gasteiger partial charge on any atom is -0.457 e. The number of amides is 1. The van der Waals surface area contributed by atoms with Gasteiger partial charge in [-0.3, -0.25) is 4.79 Å². The Bertz CT molecular complexity index is 1150. The number of allylic oxidation sites excluding steroid dienone is 2. The summed E-state index contributed by atoms with van der Waals surface area (Å²) in [6, 6.07) is 0.169. The van der Waals surface area contributed by atoms with Crippen LogP contribution in [0.15, 0.2) is 36.0 Å². The summed E-state index contributed by atoms with van der Waals surface area (Å²) in [7, 11) is 0. The van der Waals surface area contributed by atoms with Crippen LogP contribution >= 0.6 is 0 Å². The number of rotatable bonds is 11. The fourth-order valence-electron chi connectivity index (χ4n) is 7.51. The summed E-state index contributed by atoms with van der Waals surface area (Å²) in [6.07, 6.45) is 12.7. The van der Waals surface area contributed by atoms with Crippen LogP contribution < -0.4 is 0 Å². The van der Waals surface area contributed by atoms with Gasteiger partial charge in [-0.1, -0.05) is 52.0 Å². The van der Waals surface area contributed by atoms with Crippen LogP contribution in [-0.2, 0) is 19.0 Å². The third-order valence-electron chi connectivity index (χ3n) is 10.8. The minimum absolute atomic E-state index is 0.00813. The molecule has 4 aliphatic heterocycles. The lowest BCUT2D eigenvalue weighted by molar-refractivity contribution is -0.151. The average Bonchev–Trinajstić information content (AvgIpc) is 3.37. The van der Waals surface area contributed by atoms with Crippen LogP contribution in [0.2, 0.25) is 0 Å². The molecule has 11 atom stereocenters. The number of epoxide rings is 1. The number of ether oxygens (including phenoxy) is 3. The van der Waals surface area contributed by atoms with Crippen molar-refractivity contribution in [2.24, 2.45) is 17.8 Å². The Labute approximate surface area is 288 Å². The molecule has 4 rings (SSSR count). The van der Waals surface area contributed by atoms with E-state index in [2.05, 4.69) is 4.90 Å². The van der Waals surface area contributed by atoms with Crippen LogP contribution in [0, 0.1) is 17.8 Å². The Morgan fingerprint density at radius 3 is 2.58 bits per heavy atom. The Hall–Kier alpha value is -2.24. The van der Waals surface area contributed by atoms with Crippen LogP contribution in [0.5, 0.6) is 0 Å². The Morgan fingerprint density at radius 1 is 1.15 bits per heavy atom. The van der Waals surface area contributed by atoms with Gasteiger partial charge in [0.2, 0.25) is 0 Å². The molecule has 0 radical (unpaired) electrons. The third kappa shape index (κ3) is 11.1. The molecule has 10 heteroatoms. The highest BCUT2D eigenvalue weighted by Gasteiger charge is 2.47. The van der Waals surface area contributed by atoms with Crippen molar-refractivity contribution in [1.29, 1.82) is 0 Å². The molecule has 0 aromatic rings. The summed E-state index contributed by atoms with van der Waals surface area (Å²) in [4.78, 5) is 30.7. The molecule has 0 saturated carbocycles. The SMILES string of the molecule is CCC(O)C(C)C1OC1CC(C)(O)C=CC=C(C)C1OC(=O)CC(O)CCC(C)C(OC(=O)N2CCC[C@H]2CN2CCCC2)C=CC1C. The molecule has 10 unspecified atom stereocenters. The second-order valence-corrected chi connectivity index (χ2v) is 15.2. The molecular formula is C38H62N2O8. The van der Waals surface area contributed by atoms with Crippen LogP contribution in [0.4, 0.5) is 4.79 Å². The van der Waals surface area contributed by atoms with Gasteiger partial charge in [0.1, 0.15) is 12.2 Å². The zero-order chi connectivity index (χ0) is 35.0. The van der Waals surface area contributed by atoms with Crippen molar-refractivity contribution in [3.8, 4) is 0 Å². The van der Waals surface area contributed by atoms with Crippen molar-refractivity contribution in [2.75, 3.05) is 26.2 Å². The number of likely N-dealkylation sites (tertiary alicyclic amines) is 2. The largest absolute Gasteiger partial charge is 0.457 e. The zero-order valence-corrected chi connectivity index (χ0v) is 30.1. The van der Waals surface area contributed by atoms with Gasteiger partial charge in [0.05, 0.1) is 36.4 Å². The Kier molecular flexibility index (Phi) is 14.1. The molecule has 0 bridgehead atoms. The smallest absolute Gasteiger partial charge is 0.410 e. The van der Waals surface area contributed by atoms with Gasteiger partial charge in [0.15, 0.2) is 0 Å². The molecule has 4 aliphatic rings. The third-order valence-corrected chi connectivity index (χ3v) is 10.8. The number of aliphatic hydroxyl groups excluding tert-OH is 2. The van der Waals surface area contributed by atoms with Crippen molar-refractivity contribution >= 4 is 12.1 Å². The van der Waals surface area contributed by atoms with Crippen molar-refractivity contribution in [3.63, 3.8) is 0 Å². The summed E-state index contributed by atoms with van der Waals surface area (Å²) < 4.78 is 17.9. The number of carbonyl (C=O) groups is 2. The first-order chi connectivity index (χ1) is 22.8. The standard InChI is InChI=1S/C38H62N2O8/c1-7-31(42)28(5)36-33(46-36)23-38(6,45)18-10-12-26(3)35-27(4)15-17-32(25(2)14-16-30(41)22-34(43)48-35)47-37(44)40-21-11-13-29(40)24-39-19-8-9-20-39/h10,12,15,17-18,25,27-33,35-36,41-42,45H,7-9,11,13-14,16,19-24H2,1-6H3/t25?,27?,28?,29-,30?,31?,32?,33?,35?,36?,38?/m0/s1. The van der Waals surface area contributed by atoms with E-state index in [1.807, 2.05) is 57.7 Å². The van der Waals surface area contributed by atoms with Gasteiger partial charge in [0, 0.05) is 37.4 Å². The van der Waals surface area contributed by atoms with Crippen LogP contribution in [-0.4, -0.2) is 112 Å². The number of aliphatic hydroxyl groups is 3. The highest BCUT2D eigenvalue weighted by molar-refractivity contribution is 5.70. The fourth-order valence-corrected chi connectivity index (χ4v) is 7.51. The lowest BCUT2D eigenvalue weighted by Gasteiger charge is -2.31. The van der Waals surface area contributed by atoms with E-state index in [0.29, 0.717) is 32.2 Å². The van der Waals surface area contributed by atoms with E-state index < -0.39 is 36.0 Å². The van der Waals surface area contributed by atoms with E-state index in [1.165, 1.54) is 12.8 Å². The molecule has 0 spiro atoms. The van der Waals surface area contributed by atoms with Crippen molar-refractivity contribution in [3.05, 3.63) is 36.0 Å². The number of carbonyl (C=O) groups excluding carboxylic acids is 2. The fraction of sp³-hybridized carbons (Fsp3) is 0.789. The van der Waals surface area contributed by atoms with E-state index in [4.69, 9.17) is 14.2 Å². The first-order valence-corrected chi connectivity index (χ1v) is 18.4. The molecule has 3 N–H and O–H groups in total. The van der Waals surface area contributed by atoms with Gasteiger partial charge in [-0.25, -0.2) is 4.79 Å². The zero-order valence-electron chi connectivity index (χ0n) is 30.1. The lowest BCUT2D eigenvalue weighted by Crippen LogP contribution is -2.44. The number of nitrogens with zero attached hydrogens (tertiary/aromatic N) is 2. The van der Waals surface area contributed by atoms with Gasteiger partial charge < -0.3 is 39.3 Å². The van der Waals surface area contributed by atoms with Crippen molar-refractivity contribution in [1.82, 2.24) is 9.80 Å². The van der Waals surface area contributed by atoms with Gasteiger partial charge in [0.25, 0.3) is 0 Å². The number of hydrogen-bond donors (Lipinski definition) is 3. The highest BCUT2D eigenvalue weighted by atomic mass is 16.6. The van der Waals surface area contributed by atoms with Crippen molar-refractivity contribution in [2.45, 2.75) is 148 Å². The molecule has 0 aromatic carbocycles. The topological polar surface area (TPSA) is 132 Å². The molecule has 4 heterocycles. The monoisotopic (exact) mass is 674 g/mol. The van der Waals surface area contributed by atoms with Gasteiger partial charge in [-0.15, -0.1) is 0 Å². The minimum atomic E-state index is -1.12. The molecule has 1 amide bonds. The van der Waals surface area contributed by atoms with Crippen LogP contribution in [0.3, 0.4) is 0 Å². The molecule has 10 nitrogen and oxygen atoms in total. The molecular weight excluding hydrogens is 612 g/mol. The molecule has 48 heavy (non-hydrogen) atoms. The summed E-state index contributed by atoms with van der Waals surface area (Å²) in [5, 5.41) is 31.9. The van der Waals surface area contributed by atoms with Crippen LogP contribution in [0.1, 0.15) is 99.3 Å². The first kappa shape index (κ1) is 38.6. The van der Waals surface area contributed by atoms with E-state index in [-0.39, 0.29) is 48.5 Å². The van der Waals surface area contributed by atoms with Gasteiger partial charge in [-0.2, -0.15) is 0 Å². The maximum Gasteiger partial charge on any atom is 0.410 e. The normalized spacial score (nSPS) is 35.1. The molecule has 3 fully saturated rings. The maximum absolute atomic E-state index is 13.5. The van der Waals surface area contributed by atoms with E-state index in [1.54, 1.807) is 19.1 Å². The van der Waals surface area contributed by atoms with E-state index in [0.717, 1.165) is 38.0 Å². The van der Waals surface area contributed by atoms with Crippen LogP contribution in [0.25, 0.3) is 0 Å². The lowest BCUT2D eigenvalue weighted by atomic mass is 9.91. The quantitative estimate of drug-likeness (QED) is 0.118. The van der Waals surface area contributed by atoms with E-state index in [9.17, 15) is 24.9 Å². The predicted octanol–water partition coefficient (Wildman–Crippen LogP) is 5.15. The number of esters is 1. The molecule has 0 aromatic heterocycles. The highest BCUT2D eigenvalue weighted by Crippen LogP contribution is 2.37. The first-order valence-electron chi connectivity index (χ1n) is 18.4. The maximum atomic E-state index is 13.5. The van der Waals surface area contributed by atoms with Gasteiger partial charge >= 0.3 is 12.1 Å².